The van der Waals surface area contributed by atoms with Crippen molar-refractivity contribution in [3.8, 4) is 11.5 Å². The van der Waals surface area contributed by atoms with Gasteiger partial charge in [-0.3, -0.25) is 9.59 Å². The zero-order chi connectivity index (χ0) is 23.4. The Labute approximate surface area is 185 Å². The highest BCUT2D eigenvalue weighted by Gasteiger charge is 2.36. The van der Waals surface area contributed by atoms with E-state index in [0.29, 0.717) is 0 Å². The number of benzene rings is 2. The van der Waals surface area contributed by atoms with Crippen LogP contribution in [0.5, 0.6) is 11.5 Å². The van der Waals surface area contributed by atoms with Crippen molar-refractivity contribution in [1.29, 1.82) is 0 Å². The first-order valence-corrected chi connectivity index (χ1v) is 10.2. The first kappa shape index (κ1) is 23.0. The maximum atomic E-state index is 13.4. The number of hydrogen-bond acceptors (Lipinski definition) is 8. The Balaban J connectivity index is 1.94. The molecule has 0 spiro atoms. The minimum absolute atomic E-state index is 0.0798. The number of hydrogen-bond donors (Lipinski definition) is 0. The van der Waals surface area contributed by atoms with Gasteiger partial charge in [-0.2, -0.15) is 0 Å². The summed E-state index contributed by atoms with van der Waals surface area (Å²) in [5.74, 6) is -1.12. The molecule has 3 rings (SSSR count). The van der Waals surface area contributed by atoms with Crippen LogP contribution in [0.3, 0.4) is 0 Å². The number of ether oxygens (including phenoxy) is 4. The molecule has 0 fully saturated rings. The van der Waals surface area contributed by atoms with E-state index < -0.39 is 23.9 Å². The second-order valence-corrected chi connectivity index (χ2v) is 8.13. The van der Waals surface area contributed by atoms with Gasteiger partial charge in [0.25, 0.3) is 0 Å². The SMILES string of the molecule is CC(C)COC(=O)Oc1cccc2c1C(=O)c1c(OC(=O)OCC(C)C)cccc1C2=O. The minimum atomic E-state index is -0.986. The topological polar surface area (TPSA) is 105 Å². The molecule has 0 saturated carbocycles. The van der Waals surface area contributed by atoms with Crippen molar-refractivity contribution in [3.63, 3.8) is 0 Å². The Morgan fingerprint density at radius 3 is 1.47 bits per heavy atom. The first-order chi connectivity index (χ1) is 15.2. The molecule has 0 heterocycles. The molecule has 1 aliphatic carbocycles. The summed E-state index contributed by atoms with van der Waals surface area (Å²) in [5, 5.41) is 0. The lowest BCUT2D eigenvalue weighted by Gasteiger charge is -2.21. The molecule has 2 aromatic rings. The van der Waals surface area contributed by atoms with Crippen LogP contribution in [0, 0.1) is 11.8 Å². The fourth-order valence-corrected chi connectivity index (χ4v) is 3.06. The van der Waals surface area contributed by atoms with Crippen molar-refractivity contribution in [3.05, 3.63) is 58.7 Å². The van der Waals surface area contributed by atoms with Crippen molar-refractivity contribution in [2.45, 2.75) is 27.7 Å². The van der Waals surface area contributed by atoms with Crippen molar-refractivity contribution in [2.24, 2.45) is 11.8 Å². The van der Waals surface area contributed by atoms with Crippen LogP contribution >= 0.6 is 0 Å². The van der Waals surface area contributed by atoms with Crippen LogP contribution in [0.4, 0.5) is 9.59 Å². The highest BCUT2D eigenvalue weighted by Crippen LogP contribution is 2.37. The van der Waals surface area contributed by atoms with Crippen molar-refractivity contribution in [2.75, 3.05) is 13.2 Å². The summed E-state index contributed by atoms with van der Waals surface area (Å²) in [5.41, 5.74) is -0.0384. The van der Waals surface area contributed by atoms with Crippen LogP contribution in [0.25, 0.3) is 0 Å². The van der Waals surface area contributed by atoms with Gasteiger partial charge >= 0.3 is 12.3 Å². The third kappa shape index (κ3) is 4.96. The van der Waals surface area contributed by atoms with Crippen LogP contribution in [-0.4, -0.2) is 37.1 Å². The predicted molar refractivity (Wildman–Crippen MR) is 113 cm³/mol. The molecule has 0 unspecified atom stereocenters. The number of fused-ring (bicyclic) bond motifs is 2. The zero-order valence-electron chi connectivity index (χ0n) is 18.3. The fraction of sp³-hybridized carbons (Fsp3) is 0.333. The normalized spacial score (nSPS) is 12.3. The van der Waals surface area contributed by atoms with E-state index in [9.17, 15) is 19.2 Å². The van der Waals surface area contributed by atoms with Crippen molar-refractivity contribution < 1.29 is 38.1 Å². The molecule has 0 amide bonds. The van der Waals surface area contributed by atoms with Crippen LogP contribution < -0.4 is 9.47 Å². The Bertz CT molecular complexity index is 986. The average Bonchev–Trinajstić information content (AvgIpc) is 2.74. The standard InChI is InChI=1S/C24H24O8/c1-13(2)11-29-23(27)31-17-9-5-7-15-19(17)22(26)20-16(21(15)25)8-6-10-18(20)32-24(28)30-12-14(3)4/h5-10,13-14H,11-12H2,1-4H3. The quantitative estimate of drug-likeness (QED) is 0.397. The van der Waals surface area contributed by atoms with Crippen LogP contribution in [0.2, 0.25) is 0 Å². The van der Waals surface area contributed by atoms with Crippen LogP contribution in [0.15, 0.2) is 36.4 Å². The smallest absolute Gasteiger partial charge is 0.434 e. The molecule has 0 aromatic heterocycles. The molecule has 0 N–H and O–H groups in total. The average molecular weight is 440 g/mol. The molecule has 1 aliphatic rings. The molecule has 168 valence electrons. The number of carbonyl (C=O) groups is 4. The number of rotatable bonds is 6. The summed E-state index contributed by atoms with van der Waals surface area (Å²) in [6.45, 7) is 7.74. The molecule has 32 heavy (non-hydrogen) atoms. The maximum absolute atomic E-state index is 13.4. The van der Waals surface area contributed by atoms with Gasteiger partial charge in [-0.25, -0.2) is 9.59 Å². The molecule has 0 atom stereocenters. The molecule has 0 aliphatic heterocycles. The predicted octanol–water partition coefficient (Wildman–Crippen LogP) is 4.80. The minimum Gasteiger partial charge on any atom is -0.434 e. The third-order valence-corrected chi connectivity index (χ3v) is 4.45. The highest BCUT2D eigenvalue weighted by atomic mass is 16.7. The largest absolute Gasteiger partial charge is 0.513 e. The monoisotopic (exact) mass is 440 g/mol. The van der Waals surface area contributed by atoms with Gasteiger partial charge in [0.15, 0.2) is 5.78 Å². The van der Waals surface area contributed by atoms with Gasteiger partial charge < -0.3 is 18.9 Å². The second-order valence-electron chi connectivity index (χ2n) is 8.13. The van der Waals surface area contributed by atoms with Gasteiger partial charge in [0.05, 0.1) is 24.3 Å². The summed E-state index contributed by atoms with van der Waals surface area (Å²) in [4.78, 5) is 50.5. The van der Waals surface area contributed by atoms with Gasteiger partial charge in [-0.1, -0.05) is 52.0 Å². The van der Waals surface area contributed by atoms with Gasteiger partial charge in [0.1, 0.15) is 11.5 Å². The Morgan fingerprint density at radius 2 is 1.09 bits per heavy atom. The molecular formula is C24H24O8. The highest BCUT2D eigenvalue weighted by molar-refractivity contribution is 6.30. The molecule has 0 saturated heterocycles. The molecule has 2 aromatic carbocycles. The Hall–Kier alpha value is -3.68. The van der Waals surface area contributed by atoms with E-state index in [2.05, 4.69) is 0 Å². The van der Waals surface area contributed by atoms with Gasteiger partial charge in [-0.15, -0.1) is 0 Å². The number of carbonyl (C=O) groups excluding carboxylic acids is 4. The fourth-order valence-electron chi connectivity index (χ4n) is 3.06. The Morgan fingerprint density at radius 1 is 0.688 bits per heavy atom. The van der Waals surface area contributed by atoms with E-state index in [4.69, 9.17) is 18.9 Å². The lowest BCUT2D eigenvalue weighted by Crippen LogP contribution is -2.25. The summed E-state index contributed by atoms with van der Waals surface area (Å²) < 4.78 is 20.5. The lowest BCUT2D eigenvalue weighted by molar-refractivity contribution is 0.0864. The summed E-state index contributed by atoms with van der Waals surface area (Å²) >= 11 is 0. The zero-order valence-corrected chi connectivity index (χ0v) is 18.3. The van der Waals surface area contributed by atoms with E-state index in [1.807, 2.05) is 27.7 Å². The summed E-state index contributed by atoms with van der Waals surface area (Å²) in [6.07, 6.45) is -1.97. The van der Waals surface area contributed by atoms with Crippen LogP contribution in [0.1, 0.15) is 59.5 Å². The molecular weight excluding hydrogens is 416 g/mol. The summed E-state index contributed by atoms with van der Waals surface area (Å²) in [6, 6.07) is 8.73. The summed E-state index contributed by atoms with van der Waals surface area (Å²) in [7, 11) is 0. The first-order valence-electron chi connectivity index (χ1n) is 10.2. The Kier molecular flexibility index (Phi) is 6.92. The maximum Gasteiger partial charge on any atom is 0.513 e. The van der Waals surface area contributed by atoms with E-state index in [0.717, 1.165) is 0 Å². The van der Waals surface area contributed by atoms with Gasteiger partial charge in [0, 0.05) is 11.1 Å². The van der Waals surface area contributed by atoms with Crippen molar-refractivity contribution >= 4 is 23.9 Å². The third-order valence-electron chi connectivity index (χ3n) is 4.45. The van der Waals surface area contributed by atoms with Crippen molar-refractivity contribution in [1.82, 2.24) is 0 Å². The van der Waals surface area contributed by atoms with E-state index in [1.54, 1.807) is 0 Å². The molecule has 0 bridgehead atoms. The molecule has 8 heteroatoms. The molecule has 0 radical (unpaired) electrons. The second kappa shape index (κ2) is 9.64. The molecule has 8 nitrogen and oxygen atoms in total. The lowest BCUT2D eigenvalue weighted by atomic mass is 9.83. The van der Waals surface area contributed by atoms with Crippen LogP contribution in [-0.2, 0) is 9.47 Å². The van der Waals surface area contributed by atoms with Gasteiger partial charge in [0.2, 0.25) is 5.78 Å². The van der Waals surface area contributed by atoms with Gasteiger partial charge in [-0.05, 0) is 24.0 Å². The van der Waals surface area contributed by atoms with E-state index in [-0.39, 0.29) is 58.8 Å². The number of ketones is 2. The van der Waals surface area contributed by atoms with E-state index >= 15 is 0 Å². The van der Waals surface area contributed by atoms with E-state index in [1.165, 1.54) is 36.4 Å².